The number of ether oxygens (including phenoxy) is 2. The summed E-state index contributed by atoms with van der Waals surface area (Å²) < 4.78 is 10.2. The lowest BCUT2D eigenvalue weighted by Crippen LogP contribution is -2.53. The molecule has 0 radical (unpaired) electrons. The fraction of sp³-hybridized carbons (Fsp3) is 0.269. The average Bonchev–Trinajstić information content (AvgIpc) is 2.79. The van der Waals surface area contributed by atoms with Crippen molar-refractivity contribution in [1.29, 1.82) is 0 Å². The first-order valence-electron chi connectivity index (χ1n) is 10.9. The molecule has 0 saturated carbocycles. The van der Waals surface area contributed by atoms with Crippen molar-refractivity contribution >= 4 is 35.8 Å². The Morgan fingerprint density at radius 3 is 1.94 bits per heavy atom. The summed E-state index contributed by atoms with van der Waals surface area (Å²) in [6, 6.07) is 12.8. The zero-order valence-corrected chi connectivity index (χ0v) is 20.1. The molecule has 0 saturated heterocycles. The molecule has 2 aromatic carbocycles. The van der Waals surface area contributed by atoms with Crippen LogP contribution >= 0.6 is 0 Å². The van der Waals surface area contributed by atoms with Crippen LogP contribution in [-0.2, 0) is 14.3 Å². The minimum Gasteiger partial charge on any atom is -0.429 e. The summed E-state index contributed by atoms with van der Waals surface area (Å²) in [5, 5.41) is 11.5. The van der Waals surface area contributed by atoms with Crippen LogP contribution in [0.15, 0.2) is 60.7 Å². The van der Waals surface area contributed by atoms with Crippen LogP contribution in [0.5, 0.6) is 0 Å². The van der Waals surface area contributed by atoms with E-state index in [1.165, 1.54) is 12.4 Å². The summed E-state index contributed by atoms with van der Waals surface area (Å²) in [5.74, 6) is -1.53. The van der Waals surface area contributed by atoms with E-state index in [2.05, 4.69) is 5.32 Å². The second kappa shape index (κ2) is 12.4. The van der Waals surface area contributed by atoms with E-state index in [-0.39, 0.29) is 5.56 Å². The van der Waals surface area contributed by atoms with Gasteiger partial charge in [0.15, 0.2) is 0 Å². The number of anilines is 1. The Morgan fingerprint density at radius 1 is 0.943 bits per heavy atom. The number of hydrogen-bond acceptors (Lipinski definition) is 7. The van der Waals surface area contributed by atoms with Gasteiger partial charge in [0.05, 0.1) is 0 Å². The van der Waals surface area contributed by atoms with E-state index in [1.54, 1.807) is 45.0 Å². The highest BCUT2D eigenvalue weighted by molar-refractivity contribution is 5.97. The number of amides is 2. The lowest BCUT2D eigenvalue weighted by molar-refractivity contribution is -0.134. The lowest BCUT2D eigenvalue weighted by Gasteiger charge is -2.25. The van der Waals surface area contributed by atoms with Crippen molar-refractivity contribution in [2.24, 2.45) is 0 Å². The molecule has 9 heteroatoms. The third-order valence-corrected chi connectivity index (χ3v) is 4.62. The Bertz CT molecular complexity index is 1070. The molecular weight excluding hydrogens is 450 g/mol. The molecule has 0 bridgehead atoms. The summed E-state index contributed by atoms with van der Waals surface area (Å²) >= 11 is 0. The summed E-state index contributed by atoms with van der Waals surface area (Å²) in [6.07, 6.45) is 5.44. The second-order valence-electron chi connectivity index (χ2n) is 8.72. The molecule has 2 atom stereocenters. The number of hydrogen-bond donors (Lipinski definition) is 4. The maximum atomic E-state index is 12.7. The van der Waals surface area contributed by atoms with Gasteiger partial charge < -0.3 is 20.5 Å². The van der Waals surface area contributed by atoms with Crippen LogP contribution in [-0.4, -0.2) is 40.9 Å². The van der Waals surface area contributed by atoms with Crippen LogP contribution in [0.4, 0.5) is 10.5 Å². The number of nitrogens with two attached hydrogens (primary N) is 1. The van der Waals surface area contributed by atoms with Crippen LogP contribution < -0.4 is 16.5 Å². The molecule has 0 aliphatic carbocycles. The van der Waals surface area contributed by atoms with Gasteiger partial charge >= 0.3 is 6.16 Å². The molecule has 0 heterocycles. The fourth-order valence-corrected chi connectivity index (χ4v) is 2.87. The van der Waals surface area contributed by atoms with Crippen LogP contribution in [0.3, 0.4) is 0 Å². The highest BCUT2D eigenvalue weighted by Crippen LogP contribution is 2.12. The van der Waals surface area contributed by atoms with Gasteiger partial charge in [-0.15, -0.1) is 0 Å². The normalized spacial score (nSPS) is 13.3. The molecule has 2 unspecified atom stereocenters. The van der Waals surface area contributed by atoms with Gasteiger partial charge in [-0.25, -0.2) is 10.3 Å². The molecular formula is C26H31N3O6. The van der Waals surface area contributed by atoms with Crippen molar-refractivity contribution in [2.45, 2.75) is 45.4 Å². The summed E-state index contributed by atoms with van der Waals surface area (Å²) in [6.45, 7) is 6.38. The number of nitrogens with one attached hydrogen (secondary N) is 2. The Kier molecular flexibility index (Phi) is 9.60. The van der Waals surface area contributed by atoms with E-state index >= 15 is 0 Å². The highest BCUT2D eigenvalue weighted by atomic mass is 16.7. The van der Waals surface area contributed by atoms with E-state index in [0.717, 1.165) is 11.1 Å². The smallest absolute Gasteiger partial charge is 0.429 e. The predicted molar refractivity (Wildman–Crippen MR) is 133 cm³/mol. The molecule has 5 N–H and O–H groups in total. The van der Waals surface area contributed by atoms with Gasteiger partial charge in [-0.3, -0.25) is 14.8 Å². The van der Waals surface area contributed by atoms with Gasteiger partial charge in [0.1, 0.15) is 17.7 Å². The van der Waals surface area contributed by atoms with Crippen molar-refractivity contribution in [1.82, 2.24) is 10.8 Å². The first-order chi connectivity index (χ1) is 16.5. The van der Waals surface area contributed by atoms with Crippen molar-refractivity contribution in [3.05, 3.63) is 77.4 Å². The molecule has 0 fully saturated rings. The SMILES string of the molecule is CC(OC(=O)OC(C)(C)C)C(NC(=O)c1ccc(C=CC=Cc2ccc(N)cc2)cc1)C(=O)NO. The largest absolute Gasteiger partial charge is 0.509 e. The van der Waals surface area contributed by atoms with Gasteiger partial charge in [0.25, 0.3) is 11.8 Å². The number of carbonyl (C=O) groups excluding carboxylic acids is 3. The van der Waals surface area contributed by atoms with E-state index in [0.29, 0.717) is 5.69 Å². The zero-order valence-electron chi connectivity index (χ0n) is 20.1. The molecule has 2 amide bonds. The average molecular weight is 482 g/mol. The molecule has 2 rings (SSSR count). The molecule has 186 valence electrons. The number of allylic oxidation sites excluding steroid dienone is 2. The van der Waals surface area contributed by atoms with E-state index in [4.69, 9.17) is 20.4 Å². The second-order valence-corrected chi connectivity index (χ2v) is 8.72. The standard InChI is InChI=1S/C26H31N3O6/c1-17(34-25(32)35-26(2,3)4)22(24(31)29-33)28-23(30)20-13-9-18(10-14-20)7-5-6-8-19-11-15-21(27)16-12-19/h5-17,22,33H,27H2,1-4H3,(H,28,30)(H,29,31). The van der Waals surface area contributed by atoms with E-state index in [1.807, 2.05) is 48.6 Å². The van der Waals surface area contributed by atoms with Crippen molar-refractivity contribution in [2.75, 3.05) is 5.73 Å². The van der Waals surface area contributed by atoms with Crippen LogP contribution in [0, 0.1) is 0 Å². The van der Waals surface area contributed by atoms with Crippen LogP contribution in [0.2, 0.25) is 0 Å². The van der Waals surface area contributed by atoms with E-state index < -0.39 is 35.7 Å². The third kappa shape index (κ3) is 9.34. The predicted octanol–water partition coefficient (Wildman–Crippen LogP) is 3.94. The molecule has 0 spiro atoms. The number of benzene rings is 2. The van der Waals surface area contributed by atoms with Crippen LogP contribution in [0.25, 0.3) is 12.2 Å². The monoisotopic (exact) mass is 481 g/mol. The summed E-state index contributed by atoms with van der Waals surface area (Å²) in [5.41, 5.74) is 9.20. The molecule has 0 aromatic heterocycles. The number of nitrogen functional groups attached to an aromatic ring is 1. The van der Waals surface area contributed by atoms with Gasteiger partial charge in [-0.2, -0.15) is 0 Å². The number of rotatable bonds is 8. The molecule has 0 aliphatic rings. The Labute approximate surface area is 204 Å². The maximum Gasteiger partial charge on any atom is 0.509 e. The summed E-state index contributed by atoms with van der Waals surface area (Å²) in [7, 11) is 0. The van der Waals surface area contributed by atoms with Crippen molar-refractivity contribution in [3.8, 4) is 0 Å². The quantitative estimate of drug-likeness (QED) is 0.147. The molecule has 35 heavy (non-hydrogen) atoms. The third-order valence-electron chi connectivity index (χ3n) is 4.62. The van der Waals surface area contributed by atoms with Gasteiger partial charge in [-0.05, 0) is 63.1 Å². The number of carbonyl (C=O) groups is 3. The van der Waals surface area contributed by atoms with E-state index in [9.17, 15) is 14.4 Å². The Morgan fingerprint density at radius 2 is 1.46 bits per heavy atom. The van der Waals surface area contributed by atoms with Crippen molar-refractivity contribution < 1.29 is 29.1 Å². The fourth-order valence-electron chi connectivity index (χ4n) is 2.87. The highest BCUT2D eigenvalue weighted by Gasteiger charge is 2.31. The maximum absolute atomic E-state index is 12.7. The van der Waals surface area contributed by atoms with Gasteiger partial charge in [0.2, 0.25) is 0 Å². The Balaban J connectivity index is 2.00. The topological polar surface area (TPSA) is 140 Å². The first-order valence-corrected chi connectivity index (χ1v) is 10.9. The minimum atomic E-state index is -1.35. The minimum absolute atomic E-state index is 0.278. The number of hydroxylamine groups is 1. The summed E-state index contributed by atoms with van der Waals surface area (Å²) in [4.78, 5) is 36.7. The molecule has 0 aliphatic heterocycles. The molecule has 9 nitrogen and oxygen atoms in total. The lowest BCUT2D eigenvalue weighted by atomic mass is 10.1. The van der Waals surface area contributed by atoms with Crippen molar-refractivity contribution in [3.63, 3.8) is 0 Å². The molecule has 2 aromatic rings. The van der Waals surface area contributed by atoms with Crippen LogP contribution in [0.1, 0.15) is 49.2 Å². The Hall–Kier alpha value is -4.11. The first kappa shape index (κ1) is 27.1. The van der Waals surface area contributed by atoms with Gasteiger partial charge in [0, 0.05) is 11.3 Å². The van der Waals surface area contributed by atoms with Gasteiger partial charge in [-0.1, -0.05) is 48.6 Å². The zero-order chi connectivity index (χ0) is 26.0.